The van der Waals surface area contributed by atoms with Crippen LogP contribution in [0.1, 0.15) is 31.1 Å². The first-order valence-electron chi connectivity index (χ1n) is 4.27. The number of hydrogen-bond acceptors (Lipinski definition) is 4. The van der Waals surface area contributed by atoms with Gasteiger partial charge >= 0.3 is 0 Å². The van der Waals surface area contributed by atoms with Crippen LogP contribution in [-0.2, 0) is 0 Å². The number of H-pyrrole nitrogens is 1. The van der Waals surface area contributed by atoms with Crippen molar-refractivity contribution >= 4 is 5.95 Å². The Morgan fingerprint density at radius 3 is 2.92 bits per heavy atom. The third kappa shape index (κ3) is 1.40. The van der Waals surface area contributed by atoms with Crippen molar-refractivity contribution in [2.75, 3.05) is 12.3 Å². The third-order valence-electron chi connectivity index (χ3n) is 2.16. The van der Waals surface area contributed by atoms with Crippen molar-refractivity contribution in [3.8, 4) is 0 Å². The van der Waals surface area contributed by atoms with Crippen LogP contribution in [0.2, 0.25) is 0 Å². The third-order valence-corrected chi connectivity index (χ3v) is 2.16. The van der Waals surface area contributed by atoms with Crippen LogP contribution in [0.25, 0.3) is 0 Å². The quantitative estimate of drug-likeness (QED) is 0.558. The van der Waals surface area contributed by atoms with Crippen LogP contribution in [0, 0.1) is 0 Å². The summed E-state index contributed by atoms with van der Waals surface area (Å²) < 4.78 is 0. The van der Waals surface area contributed by atoms with Crippen LogP contribution < -0.4 is 11.1 Å². The van der Waals surface area contributed by atoms with Gasteiger partial charge < -0.3 is 11.1 Å². The summed E-state index contributed by atoms with van der Waals surface area (Å²) in [5.74, 6) is 1.20. The van der Waals surface area contributed by atoms with Crippen molar-refractivity contribution in [1.29, 1.82) is 0 Å². The van der Waals surface area contributed by atoms with Crippen molar-refractivity contribution in [2.24, 2.45) is 0 Å². The number of aromatic nitrogens is 3. The van der Waals surface area contributed by atoms with E-state index in [9.17, 15) is 0 Å². The molecule has 2 heterocycles. The van der Waals surface area contributed by atoms with Crippen LogP contribution in [0.4, 0.5) is 5.95 Å². The molecule has 2 rings (SSSR count). The highest BCUT2D eigenvalue weighted by molar-refractivity contribution is 5.14. The summed E-state index contributed by atoms with van der Waals surface area (Å²) in [7, 11) is 0. The van der Waals surface area contributed by atoms with Gasteiger partial charge in [-0.15, -0.1) is 5.10 Å². The van der Waals surface area contributed by atoms with E-state index in [4.69, 9.17) is 5.73 Å². The lowest BCUT2D eigenvalue weighted by Gasteiger charge is -2.20. The summed E-state index contributed by atoms with van der Waals surface area (Å²) in [6.07, 6.45) is 3.62. The maximum absolute atomic E-state index is 5.40. The van der Waals surface area contributed by atoms with E-state index in [-0.39, 0.29) is 0 Å². The fourth-order valence-electron chi connectivity index (χ4n) is 1.53. The topological polar surface area (TPSA) is 79.6 Å². The number of piperidine rings is 1. The summed E-state index contributed by atoms with van der Waals surface area (Å²) >= 11 is 0. The molecular weight excluding hydrogens is 154 g/mol. The van der Waals surface area contributed by atoms with Crippen LogP contribution in [0.5, 0.6) is 0 Å². The average Bonchev–Trinajstić information content (AvgIpc) is 2.54. The number of nitrogens with two attached hydrogens (primary N) is 1. The Kier molecular flexibility index (Phi) is 1.95. The highest BCUT2D eigenvalue weighted by Crippen LogP contribution is 2.19. The number of hydrogen-bond donors (Lipinski definition) is 3. The van der Waals surface area contributed by atoms with Crippen molar-refractivity contribution in [3.05, 3.63) is 5.82 Å². The molecule has 0 aliphatic carbocycles. The molecule has 1 aromatic rings. The summed E-state index contributed by atoms with van der Waals surface area (Å²) in [6, 6.07) is 0.323. The van der Waals surface area contributed by atoms with Gasteiger partial charge in [0.1, 0.15) is 5.82 Å². The number of nitrogens with one attached hydrogen (secondary N) is 2. The first-order chi connectivity index (χ1) is 5.86. The molecule has 5 heteroatoms. The number of rotatable bonds is 1. The Bertz CT molecular complexity index is 250. The van der Waals surface area contributed by atoms with Crippen molar-refractivity contribution in [2.45, 2.75) is 25.3 Å². The first kappa shape index (κ1) is 7.54. The van der Waals surface area contributed by atoms with Crippen molar-refractivity contribution in [3.63, 3.8) is 0 Å². The van der Waals surface area contributed by atoms with Crippen LogP contribution in [0.15, 0.2) is 0 Å². The van der Waals surface area contributed by atoms with E-state index in [0.29, 0.717) is 12.0 Å². The molecule has 0 bridgehead atoms. The molecule has 1 atom stereocenters. The molecule has 4 N–H and O–H groups in total. The highest BCUT2D eigenvalue weighted by Gasteiger charge is 2.17. The fraction of sp³-hybridized carbons (Fsp3) is 0.714. The summed E-state index contributed by atoms with van der Waals surface area (Å²) in [4.78, 5) is 4.08. The van der Waals surface area contributed by atoms with Gasteiger partial charge in [-0.1, -0.05) is 6.42 Å². The molecule has 0 amide bonds. The second kappa shape index (κ2) is 3.10. The molecule has 0 saturated carbocycles. The minimum absolute atomic E-state index is 0.323. The van der Waals surface area contributed by atoms with E-state index in [1.807, 2.05) is 0 Å². The van der Waals surface area contributed by atoms with E-state index in [0.717, 1.165) is 18.8 Å². The van der Waals surface area contributed by atoms with Gasteiger partial charge in [-0.25, -0.2) is 0 Å². The minimum Gasteiger partial charge on any atom is -0.367 e. The molecule has 1 aromatic heterocycles. The van der Waals surface area contributed by atoms with Gasteiger partial charge in [0.2, 0.25) is 5.95 Å². The lowest BCUT2D eigenvalue weighted by Crippen LogP contribution is -2.27. The Morgan fingerprint density at radius 1 is 1.42 bits per heavy atom. The predicted octanol–water partition coefficient (Wildman–Crippen LogP) is 0.201. The van der Waals surface area contributed by atoms with Gasteiger partial charge in [-0.2, -0.15) is 4.98 Å². The molecule has 66 valence electrons. The minimum atomic E-state index is 0.323. The Labute approximate surface area is 70.8 Å². The predicted molar refractivity (Wildman–Crippen MR) is 45.4 cm³/mol. The maximum Gasteiger partial charge on any atom is 0.239 e. The monoisotopic (exact) mass is 167 g/mol. The molecule has 1 saturated heterocycles. The average molecular weight is 167 g/mol. The molecule has 5 nitrogen and oxygen atoms in total. The number of aromatic amines is 1. The SMILES string of the molecule is Nc1n[nH]c(C2CCCCN2)n1. The zero-order valence-corrected chi connectivity index (χ0v) is 6.88. The first-order valence-corrected chi connectivity index (χ1v) is 4.27. The molecule has 0 spiro atoms. The molecule has 0 radical (unpaired) electrons. The molecule has 1 aliphatic rings. The van der Waals surface area contributed by atoms with Gasteiger partial charge in [0.15, 0.2) is 0 Å². The second-order valence-corrected chi connectivity index (χ2v) is 3.08. The smallest absolute Gasteiger partial charge is 0.239 e. The van der Waals surface area contributed by atoms with Crippen LogP contribution >= 0.6 is 0 Å². The summed E-state index contributed by atoms with van der Waals surface area (Å²) in [5, 5.41) is 9.98. The highest BCUT2D eigenvalue weighted by atomic mass is 15.3. The largest absolute Gasteiger partial charge is 0.367 e. The van der Waals surface area contributed by atoms with Gasteiger partial charge in [-0.05, 0) is 19.4 Å². The van der Waals surface area contributed by atoms with E-state index < -0.39 is 0 Å². The zero-order valence-electron chi connectivity index (χ0n) is 6.88. The fourth-order valence-corrected chi connectivity index (χ4v) is 1.53. The van der Waals surface area contributed by atoms with E-state index in [1.165, 1.54) is 12.8 Å². The Morgan fingerprint density at radius 2 is 2.33 bits per heavy atom. The summed E-state index contributed by atoms with van der Waals surface area (Å²) in [5.41, 5.74) is 5.40. The van der Waals surface area contributed by atoms with Gasteiger partial charge in [0.25, 0.3) is 0 Å². The number of nitrogens with zero attached hydrogens (tertiary/aromatic N) is 2. The number of nitrogen functional groups attached to an aromatic ring is 1. The lowest BCUT2D eigenvalue weighted by molar-refractivity contribution is 0.398. The van der Waals surface area contributed by atoms with Crippen molar-refractivity contribution in [1.82, 2.24) is 20.5 Å². The normalized spacial score (nSPS) is 24.2. The Balaban J connectivity index is 2.08. The van der Waals surface area contributed by atoms with Crippen molar-refractivity contribution < 1.29 is 0 Å². The van der Waals surface area contributed by atoms with E-state index >= 15 is 0 Å². The van der Waals surface area contributed by atoms with E-state index in [1.54, 1.807) is 0 Å². The Hall–Kier alpha value is -1.10. The van der Waals surface area contributed by atoms with Gasteiger partial charge in [0, 0.05) is 0 Å². The molecule has 0 aromatic carbocycles. The number of anilines is 1. The van der Waals surface area contributed by atoms with Crippen LogP contribution in [-0.4, -0.2) is 21.7 Å². The van der Waals surface area contributed by atoms with Crippen LogP contribution in [0.3, 0.4) is 0 Å². The van der Waals surface area contributed by atoms with E-state index in [2.05, 4.69) is 20.5 Å². The molecule has 1 unspecified atom stereocenters. The standard InChI is InChI=1S/C7H13N5/c8-7-10-6(11-12-7)5-3-1-2-4-9-5/h5,9H,1-4H2,(H3,8,10,11,12). The van der Waals surface area contributed by atoms with Gasteiger partial charge in [-0.3, -0.25) is 5.10 Å². The summed E-state index contributed by atoms with van der Waals surface area (Å²) in [6.45, 7) is 1.06. The molecular formula is C7H13N5. The second-order valence-electron chi connectivity index (χ2n) is 3.08. The molecule has 1 aliphatic heterocycles. The lowest BCUT2D eigenvalue weighted by atomic mass is 10.0. The maximum atomic E-state index is 5.40. The molecule has 1 fully saturated rings. The molecule has 12 heavy (non-hydrogen) atoms. The van der Waals surface area contributed by atoms with Gasteiger partial charge in [0.05, 0.1) is 6.04 Å². The zero-order chi connectivity index (χ0) is 8.39.